The van der Waals surface area contributed by atoms with Gasteiger partial charge in [0.1, 0.15) is 5.69 Å². The van der Waals surface area contributed by atoms with E-state index in [4.69, 9.17) is 0 Å². The number of likely N-dealkylation sites (tertiary alicyclic amines) is 1. The molecule has 26 heavy (non-hydrogen) atoms. The topological polar surface area (TPSA) is 51.0 Å². The molecule has 0 aliphatic carbocycles. The molecule has 0 N–H and O–H groups in total. The van der Waals surface area contributed by atoms with E-state index in [1.807, 2.05) is 53.8 Å². The molecule has 0 bridgehead atoms. The van der Waals surface area contributed by atoms with Crippen LogP contribution in [0.5, 0.6) is 0 Å². The molecule has 4 rings (SSSR count). The number of carbonyl (C=O) groups excluding carboxylic acids is 1. The lowest BCUT2D eigenvalue weighted by Gasteiger charge is -2.25. The molecule has 2 aromatic heterocycles. The standard InChI is InChI=1S/C21H24N4O/c1-14-11-20(22-19-9-5-4-8-18(14)19)21(26)24-10-6-7-17(24)13-25-16(3)12-15(2)23-25/h4-5,8-9,11-12,17H,6-7,10,13H2,1-3H3. The summed E-state index contributed by atoms with van der Waals surface area (Å²) in [5, 5.41) is 5.66. The van der Waals surface area contributed by atoms with Gasteiger partial charge >= 0.3 is 0 Å². The van der Waals surface area contributed by atoms with Gasteiger partial charge < -0.3 is 4.90 Å². The number of pyridine rings is 1. The number of fused-ring (bicyclic) bond motifs is 1. The van der Waals surface area contributed by atoms with Crippen molar-refractivity contribution >= 4 is 16.8 Å². The minimum atomic E-state index is 0.0304. The minimum absolute atomic E-state index is 0.0304. The van der Waals surface area contributed by atoms with Gasteiger partial charge in [0.05, 0.1) is 23.8 Å². The number of hydrogen-bond donors (Lipinski definition) is 0. The Kier molecular flexibility index (Phi) is 4.23. The summed E-state index contributed by atoms with van der Waals surface area (Å²) in [6.45, 7) is 7.64. The van der Waals surface area contributed by atoms with Crippen molar-refractivity contribution in [3.8, 4) is 0 Å². The average Bonchev–Trinajstić information content (AvgIpc) is 3.20. The number of rotatable bonds is 3. The highest BCUT2D eigenvalue weighted by Crippen LogP contribution is 2.24. The normalized spacial score (nSPS) is 17.2. The lowest BCUT2D eigenvalue weighted by molar-refractivity contribution is 0.0715. The molecular formula is C21H24N4O. The van der Waals surface area contributed by atoms with E-state index in [2.05, 4.69) is 23.1 Å². The third kappa shape index (κ3) is 2.98. The molecule has 3 heterocycles. The fourth-order valence-electron chi connectivity index (χ4n) is 3.96. The molecule has 1 amide bonds. The van der Waals surface area contributed by atoms with Gasteiger partial charge in [0.2, 0.25) is 0 Å². The number of para-hydroxylation sites is 1. The predicted molar refractivity (Wildman–Crippen MR) is 102 cm³/mol. The number of hydrogen-bond acceptors (Lipinski definition) is 3. The van der Waals surface area contributed by atoms with Crippen molar-refractivity contribution in [3.05, 3.63) is 59.0 Å². The van der Waals surface area contributed by atoms with Crippen LogP contribution in [0.1, 0.15) is 40.3 Å². The van der Waals surface area contributed by atoms with Crippen molar-refractivity contribution in [2.75, 3.05) is 6.54 Å². The molecule has 3 aromatic rings. The van der Waals surface area contributed by atoms with Gasteiger partial charge in [-0.3, -0.25) is 9.48 Å². The van der Waals surface area contributed by atoms with Gasteiger partial charge in [-0.25, -0.2) is 4.98 Å². The summed E-state index contributed by atoms with van der Waals surface area (Å²) in [5.74, 6) is 0.0304. The largest absolute Gasteiger partial charge is 0.332 e. The Bertz CT molecular complexity index is 975. The van der Waals surface area contributed by atoms with Crippen LogP contribution < -0.4 is 0 Å². The van der Waals surface area contributed by atoms with Crippen LogP contribution in [0.25, 0.3) is 10.9 Å². The Morgan fingerprint density at radius 3 is 2.77 bits per heavy atom. The Balaban J connectivity index is 1.61. The number of nitrogens with zero attached hydrogens (tertiary/aromatic N) is 4. The van der Waals surface area contributed by atoms with Crippen LogP contribution in [0.4, 0.5) is 0 Å². The van der Waals surface area contributed by atoms with E-state index in [-0.39, 0.29) is 11.9 Å². The quantitative estimate of drug-likeness (QED) is 0.726. The number of benzene rings is 1. The Labute approximate surface area is 153 Å². The van der Waals surface area contributed by atoms with Crippen molar-refractivity contribution < 1.29 is 4.79 Å². The lowest BCUT2D eigenvalue weighted by Crippen LogP contribution is -2.38. The molecule has 1 aliphatic heterocycles. The van der Waals surface area contributed by atoms with Crippen molar-refractivity contribution in [2.24, 2.45) is 0 Å². The zero-order valence-corrected chi connectivity index (χ0v) is 15.6. The van der Waals surface area contributed by atoms with E-state index in [1.165, 1.54) is 0 Å². The molecule has 134 valence electrons. The van der Waals surface area contributed by atoms with E-state index in [0.717, 1.165) is 53.8 Å². The summed E-state index contributed by atoms with van der Waals surface area (Å²) in [7, 11) is 0. The summed E-state index contributed by atoms with van der Waals surface area (Å²) < 4.78 is 2.02. The first-order valence-electron chi connectivity index (χ1n) is 9.21. The molecule has 1 fully saturated rings. The fourth-order valence-corrected chi connectivity index (χ4v) is 3.96. The van der Waals surface area contributed by atoms with Gasteiger partial charge in [-0.05, 0) is 57.4 Å². The maximum absolute atomic E-state index is 13.2. The van der Waals surface area contributed by atoms with Crippen LogP contribution in [0, 0.1) is 20.8 Å². The van der Waals surface area contributed by atoms with E-state index < -0.39 is 0 Å². The molecule has 5 nitrogen and oxygen atoms in total. The second-order valence-corrected chi connectivity index (χ2v) is 7.25. The lowest BCUT2D eigenvalue weighted by atomic mass is 10.1. The van der Waals surface area contributed by atoms with Gasteiger partial charge in [0, 0.05) is 17.6 Å². The summed E-state index contributed by atoms with van der Waals surface area (Å²) in [6.07, 6.45) is 2.04. The molecule has 1 unspecified atom stereocenters. The van der Waals surface area contributed by atoms with Gasteiger partial charge in [-0.2, -0.15) is 5.10 Å². The van der Waals surface area contributed by atoms with Crippen LogP contribution >= 0.6 is 0 Å². The number of amides is 1. The van der Waals surface area contributed by atoms with Crippen LogP contribution in [0.3, 0.4) is 0 Å². The summed E-state index contributed by atoms with van der Waals surface area (Å²) in [5.41, 5.74) is 4.67. The third-order valence-electron chi connectivity index (χ3n) is 5.27. The highest BCUT2D eigenvalue weighted by atomic mass is 16.2. The maximum atomic E-state index is 13.2. The molecule has 0 saturated carbocycles. The first kappa shape index (κ1) is 16.8. The second-order valence-electron chi connectivity index (χ2n) is 7.25. The van der Waals surface area contributed by atoms with Crippen LogP contribution in [-0.4, -0.2) is 38.2 Å². The highest BCUT2D eigenvalue weighted by molar-refractivity contribution is 5.96. The first-order valence-corrected chi connectivity index (χ1v) is 9.21. The molecule has 0 spiro atoms. The zero-order chi connectivity index (χ0) is 18.3. The van der Waals surface area contributed by atoms with Crippen molar-refractivity contribution in [2.45, 2.75) is 46.2 Å². The molecule has 1 aliphatic rings. The molecule has 1 aromatic carbocycles. The van der Waals surface area contributed by atoms with Crippen molar-refractivity contribution in [1.82, 2.24) is 19.7 Å². The number of aromatic nitrogens is 3. The van der Waals surface area contributed by atoms with Crippen molar-refractivity contribution in [1.29, 1.82) is 0 Å². The van der Waals surface area contributed by atoms with Crippen LogP contribution in [-0.2, 0) is 6.54 Å². The average molecular weight is 348 g/mol. The fraction of sp³-hybridized carbons (Fsp3) is 0.381. The van der Waals surface area contributed by atoms with E-state index in [9.17, 15) is 4.79 Å². The molecule has 1 atom stereocenters. The van der Waals surface area contributed by atoms with E-state index >= 15 is 0 Å². The van der Waals surface area contributed by atoms with Crippen LogP contribution in [0.2, 0.25) is 0 Å². The third-order valence-corrected chi connectivity index (χ3v) is 5.27. The smallest absolute Gasteiger partial charge is 0.272 e. The maximum Gasteiger partial charge on any atom is 0.272 e. The van der Waals surface area contributed by atoms with Crippen LogP contribution in [0.15, 0.2) is 36.4 Å². The molecule has 0 radical (unpaired) electrons. The van der Waals surface area contributed by atoms with Gasteiger partial charge in [-0.1, -0.05) is 18.2 Å². The van der Waals surface area contributed by atoms with E-state index in [0.29, 0.717) is 5.69 Å². The van der Waals surface area contributed by atoms with Gasteiger partial charge in [-0.15, -0.1) is 0 Å². The minimum Gasteiger partial charge on any atom is -0.332 e. The van der Waals surface area contributed by atoms with Gasteiger partial charge in [0.25, 0.3) is 5.91 Å². The summed E-state index contributed by atoms with van der Waals surface area (Å²) in [6, 6.07) is 12.2. The Morgan fingerprint density at radius 2 is 2.00 bits per heavy atom. The Morgan fingerprint density at radius 1 is 1.19 bits per heavy atom. The monoisotopic (exact) mass is 348 g/mol. The number of aryl methyl sites for hydroxylation is 3. The summed E-state index contributed by atoms with van der Waals surface area (Å²) in [4.78, 5) is 19.8. The highest BCUT2D eigenvalue weighted by Gasteiger charge is 2.31. The Hall–Kier alpha value is -2.69. The SMILES string of the molecule is Cc1cc(C)n(CC2CCCN2C(=O)c2cc(C)c3ccccc3n2)n1. The molecular weight excluding hydrogens is 324 g/mol. The predicted octanol–water partition coefficient (Wildman–Crippen LogP) is 3.66. The molecule has 1 saturated heterocycles. The van der Waals surface area contributed by atoms with Crippen molar-refractivity contribution in [3.63, 3.8) is 0 Å². The first-order chi connectivity index (χ1) is 12.5. The van der Waals surface area contributed by atoms with E-state index in [1.54, 1.807) is 0 Å². The second kappa shape index (κ2) is 6.56. The molecule has 5 heteroatoms. The zero-order valence-electron chi connectivity index (χ0n) is 15.6. The summed E-state index contributed by atoms with van der Waals surface area (Å²) >= 11 is 0. The van der Waals surface area contributed by atoms with Gasteiger partial charge in [0.15, 0.2) is 0 Å². The number of carbonyl (C=O) groups is 1.